The lowest BCUT2D eigenvalue weighted by molar-refractivity contribution is -0.129. The van der Waals surface area contributed by atoms with Crippen molar-refractivity contribution in [1.82, 2.24) is 15.0 Å². The van der Waals surface area contributed by atoms with Gasteiger partial charge in [-0.15, -0.1) is 0 Å². The van der Waals surface area contributed by atoms with Crippen LogP contribution in [0, 0.1) is 5.82 Å². The molecular formula is C21H20FN3O2. The number of aromatic nitrogens is 2. The summed E-state index contributed by atoms with van der Waals surface area (Å²) >= 11 is 0. The predicted octanol–water partition coefficient (Wildman–Crippen LogP) is 4.30. The Kier molecular flexibility index (Phi) is 4.71. The Morgan fingerprint density at radius 2 is 1.81 bits per heavy atom. The smallest absolute Gasteiger partial charge is 0.249 e. The lowest BCUT2D eigenvalue weighted by Gasteiger charge is -2.22. The fourth-order valence-electron chi connectivity index (χ4n) is 3.35. The molecule has 1 aromatic heterocycles. The number of halogens is 1. The number of carbonyl (C=O) groups is 1. The molecule has 27 heavy (non-hydrogen) atoms. The summed E-state index contributed by atoms with van der Waals surface area (Å²) in [5.74, 6) is 0.710. The molecule has 1 unspecified atom stereocenters. The minimum atomic E-state index is -0.293. The number of benzene rings is 2. The van der Waals surface area contributed by atoms with Crippen molar-refractivity contribution in [3.05, 3.63) is 71.4 Å². The number of aryl methyl sites for hydroxylation is 1. The van der Waals surface area contributed by atoms with E-state index in [4.69, 9.17) is 4.52 Å². The SMILES string of the molecule is CCc1ccc(-c2noc(C3CCC(=O)N3Cc3ccc(F)cc3)n2)cc1. The molecule has 3 aromatic rings. The van der Waals surface area contributed by atoms with Gasteiger partial charge in [-0.1, -0.05) is 48.5 Å². The van der Waals surface area contributed by atoms with Gasteiger partial charge in [0, 0.05) is 18.5 Å². The summed E-state index contributed by atoms with van der Waals surface area (Å²) in [6.45, 7) is 2.50. The number of amides is 1. The van der Waals surface area contributed by atoms with Gasteiger partial charge in [-0.05, 0) is 36.1 Å². The predicted molar refractivity (Wildman–Crippen MR) is 98.0 cm³/mol. The van der Waals surface area contributed by atoms with Crippen LogP contribution in [0.1, 0.15) is 42.8 Å². The van der Waals surface area contributed by atoms with Gasteiger partial charge < -0.3 is 9.42 Å². The monoisotopic (exact) mass is 365 g/mol. The second-order valence-electron chi connectivity index (χ2n) is 6.71. The third kappa shape index (κ3) is 3.60. The molecule has 2 aromatic carbocycles. The van der Waals surface area contributed by atoms with Crippen LogP contribution in [0.3, 0.4) is 0 Å². The highest BCUT2D eigenvalue weighted by atomic mass is 19.1. The molecular weight excluding hydrogens is 345 g/mol. The van der Waals surface area contributed by atoms with Crippen LogP contribution in [-0.4, -0.2) is 20.9 Å². The van der Waals surface area contributed by atoms with E-state index < -0.39 is 0 Å². The Bertz CT molecular complexity index is 935. The number of hydrogen-bond acceptors (Lipinski definition) is 4. The number of hydrogen-bond donors (Lipinski definition) is 0. The van der Waals surface area contributed by atoms with Gasteiger partial charge in [0.15, 0.2) is 0 Å². The average Bonchev–Trinajstić information content (AvgIpc) is 3.31. The Hall–Kier alpha value is -3.02. The van der Waals surface area contributed by atoms with Crippen molar-refractivity contribution in [2.24, 2.45) is 0 Å². The summed E-state index contributed by atoms with van der Waals surface area (Å²) in [6.07, 6.45) is 2.05. The van der Waals surface area contributed by atoms with Crippen LogP contribution >= 0.6 is 0 Å². The van der Waals surface area contributed by atoms with Gasteiger partial charge in [0.2, 0.25) is 17.6 Å². The van der Waals surface area contributed by atoms with Crippen molar-refractivity contribution in [1.29, 1.82) is 0 Å². The highest BCUT2D eigenvalue weighted by molar-refractivity contribution is 5.78. The maximum absolute atomic E-state index is 13.1. The van der Waals surface area contributed by atoms with Gasteiger partial charge in [0.1, 0.15) is 11.9 Å². The van der Waals surface area contributed by atoms with Crippen molar-refractivity contribution in [2.75, 3.05) is 0 Å². The Morgan fingerprint density at radius 1 is 1.11 bits per heavy atom. The molecule has 0 bridgehead atoms. The molecule has 1 atom stereocenters. The third-order valence-electron chi connectivity index (χ3n) is 4.94. The summed E-state index contributed by atoms with van der Waals surface area (Å²) in [5, 5.41) is 4.09. The minimum Gasteiger partial charge on any atom is -0.337 e. The zero-order valence-electron chi connectivity index (χ0n) is 15.1. The molecule has 5 nitrogen and oxygen atoms in total. The molecule has 1 fully saturated rings. The zero-order chi connectivity index (χ0) is 18.8. The fraction of sp³-hybridized carbons (Fsp3) is 0.286. The van der Waals surface area contributed by atoms with Crippen LogP contribution in [0.2, 0.25) is 0 Å². The van der Waals surface area contributed by atoms with E-state index in [0.717, 1.165) is 17.5 Å². The zero-order valence-corrected chi connectivity index (χ0v) is 15.1. The Balaban J connectivity index is 1.55. The molecule has 4 rings (SSSR count). The van der Waals surface area contributed by atoms with Crippen molar-refractivity contribution in [2.45, 2.75) is 38.8 Å². The molecule has 0 radical (unpaired) electrons. The third-order valence-corrected chi connectivity index (χ3v) is 4.94. The van der Waals surface area contributed by atoms with E-state index in [0.29, 0.717) is 31.1 Å². The van der Waals surface area contributed by atoms with Crippen LogP contribution in [0.5, 0.6) is 0 Å². The van der Waals surface area contributed by atoms with Gasteiger partial charge in [0.05, 0.1) is 0 Å². The van der Waals surface area contributed by atoms with E-state index >= 15 is 0 Å². The highest BCUT2D eigenvalue weighted by Crippen LogP contribution is 2.34. The molecule has 0 spiro atoms. The number of likely N-dealkylation sites (tertiary alicyclic amines) is 1. The molecule has 0 saturated carbocycles. The van der Waals surface area contributed by atoms with Crippen molar-refractivity contribution in [3.63, 3.8) is 0 Å². The summed E-state index contributed by atoms with van der Waals surface area (Å²) in [5.41, 5.74) is 3.00. The lowest BCUT2D eigenvalue weighted by Crippen LogP contribution is -2.27. The second kappa shape index (κ2) is 7.31. The van der Waals surface area contributed by atoms with Gasteiger partial charge in [-0.3, -0.25) is 4.79 Å². The minimum absolute atomic E-state index is 0.0383. The lowest BCUT2D eigenvalue weighted by atomic mass is 10.1. The van der Waals surface area contributed by atoms with E-state index in [-0.39, 0.29) is 17.8 Å². The molecule has 1 saturated heterocycles. The van der Waals surface area contributed by atoms with E-state index in [2.05, 4.69) is 17.1 Å². The van der Waals surface area contributed by atoms with E-state index in [1.165, 1.54) is 17.7 Å². The van der Waals surface area contributed by atoms with Gasteiger partial charge >= 0.3 is 0 Å². The molecule has 6 heteroatoms. The molecule has 2 heterocycles. The van der Waals surface area contributed by atoms with Gasteiger partial charge in [-0.2, -0.15) is 4.98 Å². The van der Waals surface area contributed by atoms with E-state index in [1.54, 1.807) is 17.0 Å². The molecule has 0 aliphatic carbocycles. The van der Waals surface area contributed by atoms with Crippen LogP contribution in [0.25, 0.3) is 11.4 Å². The Labute approximate surface area is 156 Å². The first-order valence-electron chi connectivity index (χ1n) is 9.11. The first-order valence-corrected chi connectivity index (χ1v) is 9.11. The van der Waals surface area contributed by atoms with Crippen LogP contribution < -0.4 is 0 Å². The first-order chi connectivity index (χ1) is 13.1. The van der Waals surface area contributed by atoms with Crippen LogP contribution in [0.4, 0.5) is 4.39 Å². The molecule has 0 N–H and O–H groups in total. The summed E-state index contributed by atoms with van der Waals surface area (Å²) in [4.78, 5) is 18.6. The van der Waals surface area contributed by atoms with Crippen molar-refractivity contribution in [3.8, 4) is 11.4 Å². The maximum Gasteiger partial charge on any atom is 0.249 e. The fourth-order valence-corrected chi connectivity index (χ4v) is 3.35. The standard InChI is InChI=1S/C21H20FN3O2/c1-2-14-3-7-16(8-4-14)20-23-21(27-24-20)18-11-12-19(26)25(18)13-15-5-9-17(22)10-6-15/h3-10,18H,2,11-13H2,1H3. The normalized spacial score (nSPS) is 16.9. The number of nitrogens with zero attached hydrogens (tertiary/aromatic N) is 3. The maximum atomic E-state index is 13.1. The van der Waals surface area contributed by atoms with E-state index in [1.807, 2.05) is 24.3 Å². The number of rotatable bonds is 5. The van der Waals surface area contributed by atoms with Crippen LogP contribution in [0.15, 0.2) is 53.1 Å². The Morgan fingerprint density at radius 3 is 2.52 bits per heavy atom. The molecule has 1 aliphatic rings. The summed E-state index contributed by atoms with van der Waals surface area (Å²) < 4.78 is 18.6. The highest BCUT2D eigenvalue weighted by Gasteiger charge is 2.36. The van der Waals surface area contributed by atoms with Gasteiger partial charge in [-0.25, -0.2) is 4.39 Å². The van der Waals surface area contributed by atoms with Gasteiger partial charge in [0.25, 0.3) is 0 Å². The van der Waals surface area contributed by atoms with Crippen LogP contribution in [-0.2, 0) is 17.8 Å². The van der Waals surface area contributed by atoms with Crippen molar-refractivity contribution >= 4 is 5.91 Å². The topological polar surface area (TPSA) is 59.2 Å². The van der Waals surface area contributed by atoms with E-state index in [9.17, 15) is 9.18 Å². The first kappa shape index (κ1) is 17.4. The van der Waals surface area contributed by atoms with Crippen molar-refractivity contribution < 1.29 is 13.7 Å². The molecule has 1 aliphatic heterocycles. The molecule has 1 amide bonds. The quantitative estimate of drug-likeness (QED) is 0.676. The largest absolute Gasteiger partial charge is 0.337 e. The number of carbonyl (C=O) groups excluding carboxylic acids is 1. The summed E-state index contributed by atoms with van der Waals surface area (Å²) in [7, 11) is 0. The second-order valence-corrected chi connectivity index (χ2v) is 6.71. The summed E-state index contributed by atoms with van der Waals surface area (Å²) in [6, 6.07) is 14.0. The average molecular weight is 365 g/mol. The molecule has 138 valence electrons.